The lowest BCUT2D eigenvalue weighted by Crippen LogP contribution is -2.44. The van der Waals surface area contributed by atoms with Crippen molar-refractivity contribution >= 4 is 17.0 Å². The van der Waals surface area contributed by atoms with Crippen LogP contribution in [0.4, 0.5) is 10.1 Å². The minimum atomic E-state index is -0.366. The molecule has 4 aromatic rings. The zero-order chi connectivity index (χ0) is 20.1. The smallest absolute Gasteiger partial charge is 0.342 e. The van der Waals surface area contributed by atoms with Crippen molar-refractivity contribution in [3.05, 3.63) is 64.7 Å². The molecule has 1 saturated heterocycles. The summed E-state index contributed by atoms with van der Waals surface area (Å²) in [7, 11) is 2.12. The highest BCUT2D eigenvalue weighted by atomic mass is 19.1. The predicted molar refractivity (Wildman–Crippen MR) is 108 cm³/mol. The number of hydrogen-bond acceptors (Lipinski definition) is 3. The lowest BCUT2D eigenvalue weighted by molar-refractivity contribution is -0.511. The fraction of sp³-hybridized carbons (Fsp3) is 0.286. The topological polar surface area (TPSA) is 62.0 Å². The molecule has 148 valence electrons. The van der Waals surface area contributed by atoms with Gasteiger partial charge in [0.1, 0.15) is 30.0 Å². The Morgan fingerprint density at radius 3 is 2.72 bits per heavy atom. The number of likely N-dealkylation sites (N-methyl/N-ethyl adjacent to an activating group) is 1. The molecule has 1 aliphatic rings. The molecule has 4 aromatic heterocycles. The first-order chi connectivity index (χ1) is 14.0. The maximum Gasteiger partial charge on any atom is 0.342 e. The third-order valence-electron chi connectivity index (χ3n) is 5.57. The molecule has 5 rings (SSSR count). The first-order valence-corrected chi connectivity index (χ1v) is 9.71. The van der Waals surface area contributed by atoms with E-state index in [4.69, 9.17) is 0 Å². The van der Waals surface area contributed by atoms with Crippen molar-refractivity contribution in [1.82, 2.24) is 14.3 Å². The zero-order valence-electron chi connectivity index (χ0n) is 16.4. The Morgan fingerprint density at radius 1 is 1.14 bits per heavy atom. The number of aromatic nitrogens is 4. The van der Waals surface area contributed by atoms with E-state index in [9.17, 15) is 9.18 Å². The van der Waals surface area contributed by atoms with Crippen molar-refractivity contribution in [2.45, 2.75) is 6.92 Å². The summed E-state index contributed by atoms with van der Waals surface area (Å²) in [5, 5.41) is 0. The number of aryl methyl sites for hydroxylation is 1. The molecule has 0 atom stereocenters. The number of hydrogen-bond donors (Lipinski definition) is 1. The number of nitrogens with zero attached hydrogens (tertiary/aromatic N) is 4. The Kier molecular flexibility index (Phi) is 4.09. The number of anilines is 1. The molecular weight excluding hydrogens is 371 g/mol. The highest BCUT2D eigenvalue weighted by Crippen LogP contribution is 2.18. The maximum atomic E-state index is 14.5. The van der Waals surface area contributed by atoms with Gasteiger partial charge in [0.05, 0.1) is 17.3 Å². The van der Waals surface area contributed by atoms with Crippen LogP contribution in [0.1, 0.15) is 5.69 Å². The second kappa shape index (κ2) is 6.66. The predicted octanol–water partition coefficient (Wildman–Crippen LogP) is 1.05. The number of imidazole rings is 1. The molecule has 1 fully saturated rings. The van der Waals surface area contributed by atoms with E-state index in [0.717, 1.165) is 37.6 Å². The summed E-state index contributed by atoms with van der Waals surface area (Å²) in [6.07, 6.45) is 5.50. The molecule has 0 saturated carbocycles. The van der Waals surface area contributed by atoms with Crippen molar-refractivity contribution in [3.63, 3.8) is 0 Å². The second-order valence-corrected chi connectivity index (χ2v) is 7.72. The largest absolute Gasteiger partial charge is 0.366 e. The molecule has 1 aliphatic heterocycles. The summed E-state index contributed by atoms with van der Waals surface area (Å²) in [5.74, 6) is -0.366. The molecule has 0 radical (unpaired) electrons. The molecule has 0 unspecified atom stereocenters. The van der Waals surface area contributed by atoms with Crippen molar-refractivity contribution < 1.29 is 13.8 Å². The van der Waals surface area contributed by atoms with E-state index in [1.54, 1.807) is 8.80 Å². The average molecular weight is 394 g/mol. The van der Waals surface area contributed by atoms with Gasteiger partial charge in [-0.15, -0.1) is 0 Å². The third kappa shape index (κ3) is 3.15. The number of halogens is 1. The van der Waals surface area contributed by atoms with Crippen molar-refractivity contribution in [2.24, 2.45) is 0 Å². The van der Waals surface area contributed by atoms with E-state index >= 15 is 0 Å². The summed E-state index contributed by atoms with van der Waals surface area (Å²) in [5.41, 5.74) is 4.00. The number of fused-ring (bicyclic) bond motifs is 2. The molecule has 0 aliphatic carbocycles. The highest BCUT2D eigenvalue weighted by molar-refractivity contribution is 5.58. The Hall–Kier alpha value is -3.26. The Bertz CT molecular complexity index is 1290. The first kappa shape index (κ1) is 17.8. The fourth-order valence-electron chi connectivity index (χ4n) is 3.93. The maximum absolute atomic E-state index is 14.5. The summed E-state index contributed by atoms with van der Waals surface area (Å²) in [6.45, 7) is 5.75. The highest BCUT2D eigenvalue weighted by Gasteiger charge is 2.20. The number of aromatic amines is 2. The molecular formula is C21H23FN6O+2. The summed E-state index contributed by atoms with van der Waals surface area (Å²) in [4.78, 5) is 23.7. The van der Waals surface area contributed by atoms with Crippen LogP contribution < -0.4 is 19.8 Å². The Labute approximate surface area is 166 Å². The van der Waals surface area contributed by atoms with E-state index in [1.165, 1.54) is 12.1 Å². The van der Waals surface area contributed by atoms with Gasteiger partial charge in [-0.3, -0.25) is 0 Å². The van der Waals surface area contributed by atoms with Crippen LogP contribution in [0.3, 0.4) is 0 Å². The van der Waals surface area contributed by atoms with Crippen LogP contribution in [0.2, 0.25) is 0 Å². The van der Waals surface area contributed by atoms with Crippen LogP contribution in [0.25, 0.3) is 22.6 Å². The normalized spacial score (nSPS) is 15.5. The standard InChI is InChI=1S/C21H21FN6O/c1-14-11-27-12-15(9-17(22)21(27)23-14)18-10-20(29)28-13-16(3-4-19(28)24-18)26-7-5-25(2)6-8-26/h3-4,9-13H,5-8H2,1-2H3/p+2. The minimum Gasteiger partial charge on any atom is -0.366 e. The van der Waals surface area contributed by atoms with E-state index in [-0.39, 0.29) is 11.4 Å². The lowest BCUT2D eigenvalue weighted by atomic mass is 10.2. The molecule has 7 nitrogen and oxygen atoms in total. The number of nitrogens with one attached hydrogen (secondary N) is 2. The molecule has 8 heteroatoms. The van der Waals surface area contributed by atoms with Gasteiger partial charge in [-0.1, -0.05) is 0 Å². The second-order valence-electron chi connectivity index (χ2n) is 7.72. The van der Waals surface area contributed by atoms with E-state index < -0.39 is 0 Å². The van der Waals surface area contributed by atoms with Crippen LogP contribution in [0.5, 0.6) is 0 Å². The number of H-pyrrole nitrogens is 2. The zero-order valence-corrected chi connectivity index (χ0v) is 16.4. The number of rotatable bonds is 2. The van der Waals surface area contributed by atoms with Gasteiger partial charge in [-0.25, -0.2) is 14.8 Å². The van der Waals surface area contributed by atoms with E-state index in [0.29, 0.717) is 22.6 Å². The number of piperazine rings is 1. The fourth-order valence-corrected chi connectivity index (χ4v) is 3.93. The first-order valence-electron chi connectivity index (χ1n) is 9.71. The van der Waals surface area contributed by atoms with Gasteiger partial charge >= 0.3 is 11.2 Å². The molecule has 0 spiro atoms. The van der Waals surface area contributed by atoms with Gasteiger partial charge in [0.25, 0.3) is 5.65 Å². The molecule has 0 aromatic carbocycles. The minimum absolute atomic E-state index is 0.152. The van der Waals surface area contributed by atoms with Crippen LogP contribution in [-0.4, -0.2) is 47.5 Å². The van der Waals surface area contributed by atoms with Gasteiger partial charge in [-0.05, 0) is 19.2 Å². The SMILES string of the molecule is Cc1c[n+]2cc(-c3cc(=O)n4cc(N5CCN(C)CC5)ccc4[nH+]3)cc(F)c2[nH]1. The third-order valence-corrected chi connectivity index (χ3v) is 5.57. The van der Waals surface area contributed by atoms with Crippen molar-refractivity contribution in [3.8, 4) is 11.3 Å². The van der Waals surface area contributed by atoms with Gasteiger partial charge < -0.3 is 9.80 Å². The monoisotopic (exact) mass is 394 g/mol. The molecule has 0 bridgehead atoms. The van der Waals surface area contributed by atoms with Gasteiger partial charge in [-0.2, -0.15) is 13.2 Å². The molecule has 0 amide bonds. The Balaban J connectivity index is 1.57. The van der Waals surface area contributed by atoms with Crippen molar-refractivity contribution in [2.75, 3.05) is 38.1 Å². The Morgan fingerprint density at radius 2 is 1.93 bits per heavy atom. The average Bonchev–Trinajstić information content (AvgIpc) is 3.09. The van der Waals surface area contributed by atoms with E-state index in [1.807, 2.05) is 37.6 Å². The van der Waals surface area contributed by atoms with Crippen LogP contribution in [0, 0.1) is 12.7 Å². The van der Waals surface area contributed by atoms with E-state index in [2.05, 4.69) is 26.8 Å². The quantitative estimate of drug-likeness (QED) is 0.517. The summed E-state index contributed by atoms with van der Waals surface area (Å²) in [6, 6.07) is 6.88. The van der Waals surface area contributed by atoms with Crippen LogP contribution >= 0.6 is 0 Å². The van der Waals surface area contributed by atoms with Gasteiger partial charge in [0, 0.05) is 39.2 Å². The van der Waals surface area contributed by atoms with Gasteiger partial charge in [0.15, 0.2) is 0 Å². The van der Waals surface area contributed by atoms with Crippen LogP contribution in [0.15, 0.2) is 47.7 Å². The molecule has 29 heavy (non-hydrogen) atoms. The van der Waals surface area contributed by atoms with Crippen LogP contribution in [-0.2, 0) is 0 Å². The van der Waals surface area contributed by atoms with Crippen molar-refractivity contribution in [1.29, 1.82) is 0 Å². The molecule has 2 N–H and O–H groups in total. The summed E-state index contributed by atoms with van der Waals surface area (Å²) >= 11 is 0. The number of pyridine rings is 2. The van der Waals surface area contributed by atoms with Gasteiger partial charge in [0.2, 0.25) is 5.82 Å². The summed E-state index contributed by atoms with van der Waals surface area (Å²) < 4.78 is 17.8. The lowest BCUT2D eigenvalue weighted by Gasteiger charge is -2.33. The molecule has 5 heterocycles.